The summed E-state index contributed by atoms with van der Waals surface area (Å²) in [4.78, 5) is 22.3. The average molecular weight is 199 g/mol. The molecule has 1 rings (SSSR count). The normalized spacial score (nSPS) is 9.57. The number of nitrogen functional groups attached to an aromatic ring is 1. The van der Waals surface area contributed by atoms with Crippen molar-refractivity contribution in [1.82, 2.24) is 10.2 Å². The summed E-state index contributed by atoms with van der Waals surface area (Å²) in [5, 5.41) is 5.80. The zero-order valence-corrected chi connectivity index (χ0v) is 7.66. The van der Waals surface area contributed by atoms with Gasteiger partial charge in [-0.15, -0.1) is 0 Å². The highest BCUT2D eigenvalue weighted by Crippen LogP contribution is 2.15. The minimum Gasteiger partial charge on any atom is -0.465 e. The number of hydrogen-bond acceptors (Lipinski definition) is 6. The van der Waals surface area contributed by atoms with E-state index in [4.69, 9.17) is 5.73 Å². The Morgan fingerprint density at radius 2 is 1.86 bits per heavy atom. The molecule has 1 aromatic heterocycles. The molecule has 0 fully saturated rings. The molecule has 0 amide bonds. The van der Waals surface area contributed by atoms with E-state index in [9.17, 15) is 9.59 Å². The van der Waals surface area contributed by atoms with E-state index in [1.807, 2.05) is 0 Å². The number of carbonyl (C=O) groups excluding carboxylic acids is 2. The molecule has 0 aliphatic rings. The Kier molecular flexibility index (Phi) is 2.70. The lowest BCUT2D eigenvalue weighted by molar-refractivity contribution is 0.0552. The third-order valence-electron chi connectivity index (χ3n) is 1.57. The maximum atomic E-state index is 11.2. The van der Waals surface area contributed by atoms with E-state index in [-0.39, 0.29) is 17.1 Å². The van der Waals surface area contributed by atoms with Crippen molar-refractivity contribution in [3.05, 3.63) is 11.3 Å². The Hall–Kier alpha value is -2.05. The Morgan fingerprint density at radius 1 is 1.29 bits per heavy atom. The quantitative estimate of drug-likeness (QED) is 0.625. The Morgan fingerprint density at radius 3 is 2.36 bits per heavy atom. The average Bonchev–Trinajstić information content (AvgIpc) is 2.58. The van der Waals surface area contributed by atoms with E-state index in [0.29, 0.717) is 0 Å². The number of anilines is 1. The SMILES string of the molecule is COC(=O)c1[nH]nc(N)c1C(=O)OC. The summed E-state index contributed by atoms with van der Waals surface area (Å²) in [5.41, 5.74) is 5.13. The van der Waals surface area contributed by atoms with E-state index in [1.54, 1.807) is 0 Å². The first-order chi connectivity index (χ1) is 6.61. The molecule has 0 saturated carbocycles. The number of nitrogens with two attached hydrogens (primary N) is 1. The third kappa shape index (κ3) is 1.51. The van der Waals surface area contributed by atoms with Crippen LogP contribution in [-0.4, -0.2) is 36.4 Å². The molecule has 0 unspecified atom stereocenters. The van der Waals surface area contributed by atoms with Crippen LogP contribution in [0, 0.1) is 0 Å². The number of nitrogens with zero attached hydrogens (tertiary/aromatic N) is 1. The number of methoxy groups -OCH3 is 2. The summed E-state index contributed by atoms with van der Waals surface area (Å²) in [5.74, 6) is -1.57. The van der Waals surface area contributed by atoms with Gasteiger partial charge in [0, 0.05) is 0 Å². The number of nitrogens with one attached hydrogen (secondary N) is 1. The van der Waals surface area contributed by atoms with Gasteiger partial charge in [-0.25, -0.2) is 9.59 Å². The van der Waals surface area contributed by atoms with Gasteiger partial charge in [0.1, 0.15) is 5.56 Å². The van der Waals surface area contributed by atoms with Crippen LogP contribution in [0.2, 0.25) is 0 Å². The summed E-state index contributed by atoms with van der Waals surface area (Å²) in [6.07, 6.45) is 0. The number of H-pyrrole nitrogens is 1. The zero-order chi connectivity index (χ0) is 10.7. The number of hydrogen-bond donors (Lipinski definition) is 2. The highest BCUT2D eigenvalue weighted by Gasteiger charge is 2.24. The van der Waals surface area contributed by atoms with Gasteiger partial charge in [0.05, 0.1) is 14.2 Å². The number of ether oxygens (including phenoxy) is 2. The van der Waals surface area contributed by atoms with Crippen LogP contribution < -0.4 is 5.73 Å². The molecule has 0 spiro atoms. The summed E-state index contributed by atoms with van der Waals surface area (Å²) >= 11 is 0. The van der Waals surface area contributed by atoms with Gasteiger partial charge in [0.2, 0.25) is 0 Å². The van der Waals surface area contributed by atoms with Crippen molar-refractivity contribution in [2.75, 3.05) is 20.0 Å². The van der Waals surface area contributed by atoms with E-state index >= 15 is 0 Å². The molecular weight excluding hydrogens is 190 g/mol. The standard InChI is InChI=1S/C7H9N3O4/c1-13-6(11)3-4(7(12)14-2)9-10-5(3)8/h1-2H3,(H3,8,9,10). The van der Waals surface area contributed by atoms with E-state index in [0.717, 1.165) is 0 Å². The zero-order valence-electron chi connectivity index (χ0n) is 7.66. The Bertz CT molecular complexity index is 371. The number of aromatic amines is 1. The Balaban J connectivity index is 3.19. The molecule has 3 N–H and O–H groups in total. The van der Waals surface area contributed by atoms with Crippen LogP contribution in [0.25, 0.3) is 0 Å². The second-order valence-electron chi connectivity index (χ2n) is 2.34. The van der Waals surface area contributed by atoms with Crippen molar-refractivity contribution in [3.63, 3.8) is 0 Å². The molecule has 0 atom stereocenters. The van der Waals surface area contributed by atoms with Crippen molar-refractivity contribution in [3.8, 4) is 0 Å². The minimum atomic E-state index is -0.739. The van der Waals surface area contributed by atoms with E-state index in [1.165, 1.54) is 14.2 Å². The minimum absolute atomic E-state index is 0.0998. The summed E-state index contributed by atoms with van der Waals surface area (Å²) in [6.45, 7) is 0. The topological polar surface area (TPSA) is 107 Å². The largest absolute Gasteiger partial charge is 0.465 e. The molecule has 0 aliphatic heterocycles. The maximum Gasteiger partial charge on any atom is 0.357 e. The first-order valence-corrected chi connectivity index (χ1v) is 3.62. The molecule has 0 bridgehead atoms. The van der Waals surface area contributed by atoms with Gasteiger partial charge in [0.15, 0.2) is 11.5 Å². The number of esters is 2. The second-order valence-corrected chi connectivity index (χ2v) is 2.34. The van der Waals surface area contributed by atoms with Crippen molar-refractivity contribution in [2.45, 2.75) is 0 Å². The predicted octanol–water partition coefficient (Wildman–Crippen LogP) is -0.435. The van der Waals surface area contributed by atoms with Gasteiger partial charge in [-0.3, -0.25) is 5.10 Å². The second kappa shape index (κ2) is 3.77. The molecule has 7 heteroatoms. The van der Waals surface area contributed by atoms with Gasteiger partial charge in [-0.05, 0) is 0 Å². The van der Waals surface area contributed by atoms with Crippen molar-refractivity contribution in [1.29, 1.82) is 0 Å². The van der Waals surface area contributed by atoms with Gasteiger partial charge in [0.25, 0.3) is 0 Å². The molecule has 76 valence electrons. The summed E-state index contributed by atoms with van der Waals surface area (Å²) < 4.78 is 8.84. The van der Waals surface area contributed by atoms with E-state index in [2.05, 4.69) is 19.7 Å². The van der Waals surface area contributed by atoms with Crippen LogP contribution in [0.4, 0.5) is 5.82 Å². The van der Waals surface area contributed by atoms with Crippen LogP contribution in [0.1, 0.15) is 20.8 Å². The molecule has 0 aliphatic carbocycles. The van der Waals surface area contributed by atoms with Crippen LogP contribution in [0.3, 0.4) is 0 Å². The molecule has 1 aromatic rings. The van der Waals surface area contributed by atoms with Gasteiger partial charge in [-0.2, -0.15) is 5.10 Å². The van der Waals surface area contributed by atoms with Crippen LogP contribution >= 0.6 is 0 Å². The smallest absolute Gasteiger partial charge is 0.357 e. The lowest BCUT2D eigenvalue weighted by atomic mass is 10.2. The predicted molar refractivity (Wildman–Crippen MR) is 45.7 cm³/mol. The van der Waals surface area contributed by atoms with Crippen molar-refractivity contribution >= 4 is 17.8 Å². The fourth-order valence-corrected chi connectivity index (χ4v) is 0.914. The van der Waals surface area contributed by atoms with Crippen LogP contribution in [-0.2, 0) is 9.47 Å². The Labute approximate surface area is 79.2 Å². The molecule has 0 radical (unpaired) electrons. The van der Waals surface area contributed by atoms with Gasteiger partial charge < -0.3 is 15.2 Å². The highest BCUT2D eigenvalue weighted by atomic mass is 16.5. The first kappa shape index (κ1) is 10.0. The fraction of sp³-hybridized carbons (Fsp3) is 0.286. The monoisotopic (exact) mass is 199 g/mol. The number of carbonyl (C=O) groups is 2. The van der Waals surface area contributed by atoms with Crippen LogP contribution in [0.5, 0.6) is 0 Å². The van der Waals surface area contributed by atoms with E-state index < -0.39 is 11.9 Å². The van der Waals surface area contributed by atoms with Gasteiger partial charge in [-0.1, -0.05) is 0 Å². The lowest BCUT2D eigenvalue weighted by Crippen LogP contribution is -2.11. The molecule has 1 heterocycles. The molecular formula is C7H9N3O4. The van der Waals surface area contributed by atoms with Crippen molar-refractivity contribution in [2.24, 2.45) is 0 Å². The van der Waals surface area contributed by atoms with Crippen molar-refractivity contribution < 1.29 is 19.1 Å². The van der Waals surface area contributed by atoms with Gasteiger partial charge >= 0.3 is 11.9 Å². The fourth-order valence-electron chi connectivity index (χ4n) is 0.914. The third-order valence-corrected chi connectivity index (χ3v) is 1.57. The molecule has 0 aromatic carbocycles. The van der Waals surface area contributed by atoms with Crippen LogP contribution in [0.15, 0.2) is 0 Å². The molecule has 14 heavy (non-hydrogen) atoms. The lowest BCUT2D eigenvalue weighted by Gasteiger charge is -1.99. The summed E-state index contributed by atoms with van der Waals surface area (Å²) in [7, 11) is 2.36. The highest BCUT2D eigenvalue weighted by molar-refractivity contribution is 6.04. The first-order valence-electron chi connectivity index (χ1n) is 3.62. The number of rotatable bonds is 2. The summed E-state index contributed by atoms with van der Waals surface area (Å²) in [6, 6.07) is 0. The number of aromatic nitrogens is 2. The molecule has 0 saturated heterocycles. The maximum absolute atomic E-state index is 11.2. The molecule has 7 nitrogen and oxygen atoms in total.